The fraction of sp³-hybridized carbons (Fsp3) is 0.400. The first-order valence-electron chi connectivity index (χ1n) is 6.92. The lowest BCUT2D eigenvalue weighted by Crippen LogP contribution is -2.36. The van der Waals surface area contributed by atoms with Gasteiger partial charge in [0, 0.05) is 31.0 Å². The van der Waals surface area contributed by atoms with E-state index < -0.39 is 23.6 Å². The molecule has 0 saturated heterocycles. The monoisotopic (exact) mass is 388 g/mol. The molecule has 1 atom stereocenters. The molecule has 0 fully saturated rings. The fourth-order valence-electron chi connectivity index (χ4n) is 1.83. The first-order valence-corrected chi connectivity index (χ1v) is 7.71. The van der Waals surface area contributed by atoms with Crippen LogP contribution in [-0.4, -0.2) is 47.9 Å². The van der Waals surface area contributed by atoms with E-state index in [1.807, 2.05) is 0 Å². The van der Waals surface area contributed by atoms with Crippen LogP contribution in [0, 0.1) is 11.7 Å². The smallest absolute Gasteiger partial charge is 0.308 e. The van der Waals surface area contributed by atoms with Crippen LogP contribution in [0.15, 0.2) is 22.7 Å². The normalized spacial score (nSPS) is 11.7. The number of carbonyl (C=O) groups excluding carboxylic acids is 2. The molecule has 1 aromatic carbocycles. The molecule has 6 nitrogen and oxygen atoms in total. The topological polar surface area (TPSA) is 86.7 Å². The van der Waals surface area contributed by atoms with Gasteiger partial charge in [0.1, 0.15) is 5.82 Å². The molecule has 126 valence electrons. The van der Waals surface area contributed by atoms with Crippen molar-refractivity contribution in [2.24, 2.45) is 5.92 Å². The van der Waals surface area contributed by atoms with Gasteiger partial charge < -0.3 is 15.3 Å². The predicted molar refractivity (Wildman–Crippen MR) is 85.5 cm³/mol. The molecule has 0 saturated carbocycles. The molecule has 8 heteroatoms. The summed E-state index contributed by atoms with van der Waals surface area (Å²) >= 11 is 3.16. The van der Waals surface area contributed by atoms with Gasteiger partial charge in [-0.2, -0.15) is 0 Å². The zero-order valence-corrected chi connectivity index (χ0v) is 14.4. The van der Waals surface area contributed by atoms with Crippen LogP contribution < -0.4 is 5.32 Å². The molecule has 0 spiro atoms. The van der Waals surface area contributed by atoms with E-state index in [2.05, 4.69) is 21.2 Å². The zero-order valence-electron chi connectivity index (χ0n) is 12.8. The first kappa shape index (κ1) is 19.1. The number of nitrogens with zero attached hydrogens (tertiary/aromatic N) is 1. The van der Waals surface area contributed by atoms with Crippen LogP contribution in [0.3, 0.4) is 0 Å². The number of carboxylic acids is 1. The third-order valence-electron chi connectivity index (χ3n) is 3.19. The van der Waals surface area contributed by atoms with Gasteiger partial charge in [0.15, 0.2) is 0 Å². The van der Waals surface area contributed by atoms with Crippen molar-refractivity contribution >= 4 is 33.7 Å². The number of rotatable bonds is 7. The van der Waals surface area contributed by atoms with Crippen LogP contribution in [0.2, 0.25) is 0 Å². The number of carbonyl (C=O) groups is 3. The summed E-state index contributed by atoms with van der Waals surface area (Å²) in [6.07, 6.45) is 0.0293. The molecule has 0 aliphatic carbocycles. The SMILES string of the molecule is CC(CN(C)C(=O)CCNC(=O)c1cc(F)ccc1Br)C(=O)O. The standard InChI is InChI=1S/C15H18BrFN2O4/c1-9(15(22)23)8-19(2)13(20)5-6-18-14(21)11-7-10(17)3-4-12(11)16/h3-4,7,9H,5-6,8H2,1-2H3,(H,18,21)(H,22,23). The number of hydrogen-bond donors (Lipinski definition) is 2. The fourth-order valence-corrected chi connectivity index (χ4v) is 2.26. The van der Waals surface area contributed by atoms with Crippen molar-refractivity contribution in [1.29, 1.82) is 0 Å². The van der Waals surface area contributed by atoms with Gasteiger partial charge in [-0.1, -0.05) is 6.92 Å². The van der Waals surface area contributed by atoms with Gasteiger partial charge in [-0.05, 0) is 34.1 Å². The van der Waals surface area contributed by atoms with Gasteiger partial charge in [0.2, 0.25) is 5.91 Å². The second kappa shape index (κ2) is 8.61. The highest BCUT2D eigenvalue weighted by Crippen LogP contribution is 2.17. The number of amides is 2. The molecule has 2 amide bonds. The van der Waals surface area contributed by atoms with E-state index in [0.717, 1.165) is 6.07 Å². The molecule has 1 unspecified atom stereocenters. The third-order valence-corrected chi connectivity index (χ3v) is 3.88. The van der Waals surface area contributed by atoms with E-state index in [9.17, 15) is 18.8 Å². The number of benzene rings is 1. The lowest BCUT2D eigenvalue weighted by atomic mass is 10.1. The van der Waals surface area contributed by atoms with Gasteiger partial charge in [-0.15, -0.1) is 0 Å². The van der Waals surface area contributed by atoms with E-state index in [-0.39, 0.29) is 31.0 Å². The lowest BCUT2D eigenvalue weighted by molar-refractivity contribution is -0.142. The molecule has 0 radical (unpaired) electrons. The van der Waals surface area contributed by atoms with Crippen molar-refractivity contribution in [3.05, 3.63) is 34.1 Å². The van der Waals surface area contributed by atoms with Gasteiger partial charge in [0.25, 0.3) is 5.91 Å². The summed E-state index contributed by atoms with van der Waals surface area (Å²) in [6, 6.07) is 3.75. The van der Waals surface area contributed by atoms with Crippen molar-refractivity contribution < 1.29 is 23.9 Å². The summed E-state index contributed by atoms with van der Waals surface area (Å²) in [7, 11) is 1.51. The van der Waals surface area contributed by atoms with Gasteiger partial charge in [-0.3, -0.25) is 14.4 Å². The highest BCUT2D eigenvalue weighted by Gasteiger charge is 2.17. The molecular formula is C15H18BrFN2O4. The molecule has 0 aliphatic rings. The van der Waals surface area contributed by atoms with Gasteiger partial charge in [0.05, 0.1) is 11.5 Å². The van der Waals surface area contributed by atoms with E-state index in [1.165, 1.54) is 31.0 Å². The van der Waals surface area contributed by atoms with Gasteiger partial charge in [-0.25, -0.2) is 4.39 Å². The highest BCUT2D eigenvalue weighted by atomic mass is 79.9. The Hall–Kier alpha value is -1.96. The summed E-state index contributed by atoms with van der Waals surface area (Å²) in [6.45, 7) is 1.68. The molecular weight excluding hydrogens is 371 g/mol. The van der Waals surface area contributed by atoms with E-state index in [0.29, 0.717) is 4.47 Å². The predicted octanol–water partition coefficient (Wildman–Crippen LogP) is 1.89. The number of hydrogen-bond acceptors (Lipinski definition) is 3. The Kier molecular flexibility index (Phi) is 7.15. The Morgan fingerprint density at radius 1 is 1.39 bits per heavy atom. The number of halogens is 2. The number of carboxylic acid groups (broad SMARTS) is 1. The molecule has 2 N–H and O–H groups in total. The molecule has 0 bridgehead atoms. The maximum absolute atomic E-state index is 13.1. The lowest BCUT2D eigenvalue weighted by Gasteiger charge is -2.19. The first-order chi connectivity index (χ1) is 10.7. The Morgan fingerprint density at radius 3 is 2.65 bits per heavy atom. The van der Waals surface area contributed by atoms with Crippen LogP contribution in [0.25, 0.3) is 0 Å². The number of nitrogens with one attached hydrogen (secondary N) is 1. The largest absolute Gasteiger partial charge is 0.481 e. The van der Waals surface area contributed by atoms with Crippen molar-refractivity contribution in [3.8, 4) is 0 Å². The van der Waals surface area contributed by atoms with Crippen LogP contribution in [0.4, 0.5) is 4.39 Å². The zero-order chi connectivity index (χ0) is 17.6. The average Bonchev–Trinajstić information content (AvgIpc) is 2.49. The highest BCUT2D eigenvalue weighted by molar-refractivity contribution is 9.10. The molecule has 0 aromatic heterocycles. The summed E-state index contributed by atoms with van der Waals surface area (Å²) in [5.74, 6) is -2.95. The minimum atomic E-state index is -0.978. The van der Waals surface area contributed by atoms with Crippen molar-refractivity contribution in [2.45, 2.75) is 13.3 Å². The number of aliphatic carboxylic acids is 1. The summed E-state index contributed by atoms with van der Waals surface area (Å²) in [4.78, 5) is 35.8. The minimum Gasteiger partial charge on any atom is -0.481 e. The third kappa shape index (κ3) is 5.97. The minimum absolute atomic E-state index is 0.0293. The molecule has 0 aliphatic heterocycles. The second-order valence-electron chi connectivity index (χ2n) is 5.14. The van der Waals surface area contributed by atoms with Crippen LogP contribution in [-0.2, 0) is 9.59 Å². The Labute approximate surface area is 141 Å². The van der Waals surface area contributed by atoms with E-state index in [4.69, 9.17) is 5.11 Å². The second-order valence-corrected chi connectivity index (χ2v) is 6.00. The van der Waals surface area contributed by atoms with Crippen molar-refractivity contribution in [2.75, 3.05) is 20.1 Å². The molecule has 1 aromatic rings. The van der Waals surface area contributed by atoms with Crippen molar-refractivity contribution in [3.63, 3.8) is 0 Å². The maximum atomic E-state index is 13.1. The summed E-state index contributed by atoms with van der Waals surface area (Å²) < 4.78 is 13.6. The van der Waals surface area contributed by atoms with Crippen LogP contribution in [0.5, 0.6) is 0 Å². The Morgan fingerprint density at radius 2 is 2.04 bits per heavy atom. The average molecular weight is 389 g/mol. The van der Waals surface area contributed by atoms with Crippen molar-refractivity contribution in [1.82, 2.24) is 10.2 Å². The summed E-state index contributed by atoms with van der Waals surface area (Å²) in [5, 5.41) is 11.3. The summed E-state index contributed by atoms with van der Waals surface area (Å²) in [5.41, 5.74) is 0.144. The quantitative estimate of drug-likeness (QED) is 0.746. The molecule has 23 heavy (non-hydrogen) atoms. The van der Waals surface area contributed by atoms with E-state index in [1.54, 1.807) is 0 Å². The van der Waals surface area contributed by atoms with Gasteiger partial charge >= 0.3 is 5.97 Å². The van der Waals surface area contributed by atoms with E-state index >= 15 is 0 Å². The Balaban J connectivity index is 2.47. The Bertz CT molecular complexity index is 609. The van der Waals surface area contributed by atoms with Crippen LogP contribution >= 0.6 is 15.9 Å². The molecule has 0 heterocycles. The molecule has 1 rings (SSSR count). The maximum Gasteiger partial charge on any atom is 0.308 e. The van der Waals surface area contributed by atoms with Crippen LogP contribution in [0.1, 0.15) is 23.7 Å².